The van der Waals surface area contributed by atoms with Crippen molar-refractivity contribution in [2.45, 2.75) is 39.2 Å². The predicted molar refractivity (Wildman–Crippen MR) is 80.4 cm³/mol. The zero-order valence-electron chi connectivity index (χ0n) is 12.0. The fraction of sp³-hybridized carbons (Fsp3) is 0.667. The van der Waals surface area contributed by atoms with Gasteiger partial charge in [-0.15, -0.1) is 11.3 Å². The summed E-state index contributed by atoms with van der Waals surface area (Å²) in [7, 11) is 0. The molecule has 4 heteroatoms. The second kappa shape index (κ2) is 7.06. The molecule has 1 aliphatic heterocycles. The quantitative estimate of drug-likeness (QED) is 0.827. The Morgan fingerprint density at radius 3 is 2.68 bits per heavy atom. The van der Waals surface area contributed by atoms with Gasteiger partial charge in [-0.3, -0.25) is 9.69 Å². The van der Waals surface area contributed by atoms with Crippen molar-refractivity contribution in [1.29, 1.82) is 0 Å². The third kappa shape index (κ3) is 3.80. The van der Waals surface area contributed by atoms with E-state index in [1.54, 1.807) is 0 Å². The van der Waals surface area contributed by atoms with Crippen LogP contribution in [0.2, 0.25) is 0 Å². The molecule has 106 valence electrons. The normalized spacial score (nSPS) is 18.5. The molecule has 1 unspecified atom stereocenters. The van der Waals surface area contributed by atoms with Crippen LogP contribution in [0.4, 0.5) is 0 Å². The highest BCUT2D eigenvalue weighted by Gasteiger charge is 2.24. The standard InChI is InChI=1S/C15H24N2OS/c1-3-4-7-15(18)17-10-8-16(9-11-17)13(2)14-6-5-12-19-14/h5-6,12-13H,3-4,7-11H2,1-2H3. The van der Waals surface area contributed by atoms with Gasteiger partial charge in [0.1, 0.15) is 0 Å². The Balaban J connectivity index is 1.80. The van der Waals surface area contributed by atoms with Crippen LogP contribution < -0.4 is 0 Å². The lowest BCUT2D eigenvalue weighted by molar-refractivity contribution is -0.133. The molecule has 2 heterocycles. The Bertz CT molecular complexity index is 383. The molecule has 0 aromatic carbocycles. The van der Waals surface area contributed by atoms with E-state index in [1.807, 2.05) is 16.2 Å². The van der Waals surface area contributed by atoms with Crippen molar-refractivity contribution in [3.8, 4) is 0 Å². The lowest BCUT2D eigenvalue weighted by atomic mass is 10.2. The Labute approximate surface area is 120 Å². The van der Waals surface area contributed by atoms with Crippen LogP contribution >= 0.6 is 11.3 Å². The molecule has 1 aromatic heterocycles. The number of carbonyl (C=O) groups excluding carboxylic acids is 1. The highest BCUT2D eigenvalue weighted by atomic mass is 32.1. The third-order valence-electron chi connectivity index (χ3n) is 3.91. The molecule has 1 fully saturated rings. The first kappa shape index (κ1) is 14.5. The van der Waals surface area contributed by atoms with Crippen molar-refractivity contribution in [3.63, 3.8) is 0 Å². The molecular formula is C15H24N2OS. The molecule has 1 amide bonds. The molecule has 0 spiro atoms. The summed E-state index contributed by atoms with van der Waals surface area (Å²) in [4.78, 5) is 17.9. The van der Waals surface area contributed by atoms with Gasteiger partial charge in [-0.05, 0) is 24.8 Å². The second-order valence-electron chi connectivity index (χ2n) is 5.21. The number of thiophene rings is 1. The number of hydrogen-bond acceptors (Lipinski definition) is 3. The van der Waals surface area contributed by atoms with Gasteiger partial charge in [-0.2, -0.15) is 0 Å². The van der Waals surface area contributed by atoms with E-state index in [0.29, 0.717) is 11.9 Å². The summed E-state index contributed by atoms with van der Waals surface area (Å²) in [6.07, 6.45) is 2.84. The maximum absolute atomic E-state index is 12.0. The van der Waals surface area contributed by atoms with E-state index in [9.17, 15) is 4.79 Å². The SMILES string of the molecule is CCCCC(=O)N1CCN(C(C)c2cccs2)CC1. The third-order valence-corrected chi connectivity index (χ3v) is 4.96. The van der Waals surface area contributed by atoms with Gasteiger partial charge < -0.3 is 4.90 Å². The average Bonchev–Trinajstić information content (AvgIpc) is 2.98. The van der Waals surface area contributed by atoms with E-state index in [2.05, 4.69) is 36.3 Å². The van der Waals surface area contributed by atoms with E-state index in [0.717, 1.165) is 45.4 Å². The maximum Gasteiger partial charge on any atom is 0.222 e. The average molecular weight is 280 g/mol. The zero-order chi connectivity index (χ0) is 13.7. The second-order valence-corrected chi connectivity index (χ2v) is 6.19. The Hall–Kier alpha value is -0.870. The summed E-state index contributed by atoms with van der Waals surface area (Å²) in [5, 5.41) is 2.14. The molecule has 2 rings (SSSR count). The van der Waals surface area contributed by atoms with E-state index < -0.39 is 0 Å². The van der Waals surface area contributed by atoms with Crippen molar-refractivity contribution in [1.82, 2.24) is 9.80 Å². The Morgan fingerprint density at radius 2 is 2.11 bits per heavy atom. The van der Waals surface area contributed by atoms with E-state index in [1.165, 1.54) is 4.88 Å². The van der Waals surface area contributed by atoms with Crippen LogP contribution in [0.5, 0.6) is 0 Å². The van der Waals surface area contributed by atoms with Crippen molar-refractivity contribution < 1.29 is 4.79 Å². The maximum atomic E-state index is 12.0. The van der Waals surface area contributed by atoms with Crippen molar-refractivity contribution in [2.75, 3.05) is 26.2 Å². The van der Waals surface area contributed by atoms with E-state index >= 15 is 0 Å². The van der Waals surface area contributed by atoms with Gasteiger partial charge in [0, 0.05) is 43.5 Å². The highest BCUT2D eigenvalue weighted by Crippen LogP contribution is 2.25. The first-order valence-electron chi connectivity index (χ1n) is 7.27. The smallest absolute Gasteiger partial charge is 0.222 e. The summed E-state index contributed by atoms with van der Waals surface area (Å²) in [5.41, 5.74) is 0. The van der Waals surface area contributed by atoms with Crippen molar-refractivity contribution in [2.24, 2.45) is 0 Å². The van der Waals surface area contributed by atoms with Crippen LogP contribution in [0, 0.1) is 0 Å². The molecule has 19 heavy (non-hydrogen) atoms. The fourth-order valence-electron chi connectivity index (χ4n) is 2.55. The Morgan fingerprint density at radius 1 is 1.37 bits per heavy atom. The van der Waals surface area contributed by atoms with E-state index in [4.69, 9.17) is 0 Å². The fourth-order valence-corrected chi connectivity index (χ4v) is 3.37. The number of amides is 1. The van der Waals surface area contributed by atoms with Crippen LogP contribution in [-0.2, 0) is 4.79 Å². The molecule has 0 aliphatic carbocycles. The number of rotatable bonds is 5. The largest absolute Gasteiger partial charge is 0.340 e. The number of piperazine rings is 1. The zero-order valence-corrected chi connectivity index (χ0v) is 12.8. The minimum absolute atomic E-state index is 0.338. The molecule has 0 N–H and O–H groups in total. The van der Waals surface area contributed by atoms with Crippen LogP contribution in [0.25, 0.3) is 0 Å². The molecule has 1 aliphatic rings. The van der Waals surface area contributed by atoms with Gasteiger partial charge >= 0.3 is 0 Å². The van der Waals surface area contributed by atoms with Crippen LogP contribution in [-0.4, -0.2) is 41.9 Å². The Kier molecular flexibility index (Phi) is 5.40. The van der Waals surface area contributed by atoms with Gasteiger partial charge in [-0.25, -0.2) is 0 Å². The molecule has 1 atom stereocenters. The van der Waals surface area contributed by atoms with Gasteiger partial charge in [0.05, 0.1) is 0 Å². The molecule has 1 saturated heterocycles. The summed E-state index contributed by atoms with van der Waals surface area (Å²) in [6, 6.07) is 4.79. The number of nitrogens with zero attached hydrogens (tertiary/aromatic N) is 2. The highest BCUT2D eigenvalue weighted by molar-refractivity contribution is 7.10. The number of carbonyl (C=O) groups is 1. The molecule has 3 nitrogen and oxygen atoms in total. The lowest BCUT2D eigenvalue weighted by Crippen LogP contribution is -2.49. The predicted octanol–water partition coefficient (Wildman–Crippen LogP) is 3.14. The van der Waals surface area contributed by atoms with Crippen LogP contribution in [0.1, 0.15) is 44.0 Å². The summed E-state index contributed by atoms with van der Waals surface area (Å²) in [5.74, 6) is 0.338. The number of unbranched alkanes of at least 4 members (excludes halogenated alkanes) is 1. The van der Waals surface area contributed by atoms with E-state index in [-0.39, 0.29) is 0 Å². The van der Waals surface area contributed by atoms with Crippen molar-refractivity contribution in [3.05, 3.63) is 22.4 Å². The lowest BCUT2D eigenvalue weighted by Gasteiger charge is -2.37. The first-order valence-corrected chi connectivity index (χ1v) is 8.15. The summed E-state index contributed by atoms with van der Waals surface area (Å²) >= 11 is 1.82. The first-order chi connectivity index (χ1) is 9.22. The monoisotopic (exact) mass is 280 g/mol. The van der Waals surface area contributed by atoms with Crippen LogP contribution in [0.15, 0.2) is 17.5 Å². The minimum Gasteiger partial charge on any atom is -0.340 e. The molecular weight excluding hydrogens is 256 g/mol. The number of hydrogen-bond donors (Lipinski definition) is 0. The molecule has 0 radical (unpaired) electrons. The van der Waals surface area contributed by atoms with Gasteiger partial charge in [0.25, 0.3) is 0 Å². The molecule has 1 aromatic rings. The van der Waals surface area contributed by atoms with Gasteiger partial charge in [0.15, 0.2) is 0 Å². The van der Waals surface area contributed by atoms with Gasteiger partial charge in [-0.1, -0.05) is 19.4 Å². The van der Waals surface area contributed by atoms with Crippen LogP contribution in [0.3, 0.4) is 0 Å². The topological polar surface area (TPSA) is 23.6 Å². The molecule has 0 saturated carbocycles. The van der Waals surface area contributed by atoms with Gasteiger partial charge in [0.2, 0.25) is 5.91 Å². The molecule has 0 bridgehead atoms. The van der Waals surface area contributed by atoms with Crippen molar-refractivity contribution >= 4 is 17.2 Å². The summed E-state index contributed by atoms with van der Waals surface area (Å²) < 4.78 is 0. The minimum atomic E-state index is 0.338. The summed E-state index contributed by atoms with van der Waals surface area (Å²) in [6.45, 7) is 8.17.